The second kappa shape index (κ2) is 5.00. The minimum atomic E-state index is -0.608. The number of piperazine rings is 1. The quantitative estimate of drug-likeness (QED) is 0.735. The minimum absolute atomic E-state index is 0.0704. The maximum Gasteiger partial charge on any atom is 0.232 e. The zero-order valence-corrected chi connectivity index (χ0v) is 12.0. The molecule has 112 valence electrons. The van der Waals surface area contributed by atoms with Crippen molar-refractivity contribution in [3.05, 3.63) is 0 Å². The average Bonchev–Trinajstić information content (AvgIpc) is 3.25. The van der Waals surface area contributed by atoms with Crippen molar-refractivity contribution in [1.29, 1.82) is 0 Å². The summed E-state index contributed by atoms with van der Waals surface area (Å²) >= 11 is 0. The number of rotatable bonds is 2. The molecule has 20 heavy (non-hydrogen) atoms. The fraction of sp³-hybridized carbons (Fsp3) is 0.857. The summed E-state index contributed by atoms with van der Waals surface area (Å²) in [7, 11) is 0. The van der Waals surface area contributed by atoms with Crippen LogP contribution in [0.2, 0.25) is 0 Å². The van der Waals surface area contributed by atoms with Crippen molar-refractivity contribution in [3.8, 4) is 0 Å². The Labute approximate surface area is 119 Å². The van der Waals surface area contributed by atoms with Crippen molar-refractivity contribution in [2.24, 2.45) is 17.1 Å². The van der Waals surface area contributed by atoms with Crippen LogP contribution in [-0.4, -0.2) is 67.0 Å². The first-order valence-electron chi connectivity index (χ1n) is 7.44. The standard InChI is InChI=1S/C14H23N3O3/c1-14(9-20-8-11(14)15)13(19)17-6-4-16(5-7-17)12(18)10-2-3-10/h10-11H,2-9,15H2,1H3. The summed E-state index contributed by atoms with van der Waals surface area (Å²) < 4.78 is 5.35. The van der Waals surface area contributed by atoms with E-state index >= 15 is 0 Å². The largest absolute Gasteiger partial charge is 0.379 e. The zero-order chi connectivity index (χ0) is 14.3. The van der Waals surface area contributed by atoms with E-state index in [-0.39, 0.29) is 23.8 Å². The van der Waals surface area contributed by atoms with Crippen molar-refractivity contribution in [3.63, 3.8) is 0 Å². The number of carbonyl (C=O) groups excluding carboxylic acids is 2. The van der Waals surface area contributed by atoms with Crippen molar-refractivity contribution in [2.45, 2.75) is 25.8 Å². The van der Waals surface area contributed by atoms with E-state index < -0.39 is 5.41 Å². The molecule has 1 aliphatic carbocycles. The van der Waals surface area contributed by atoms with Crippen LogP contribution in [0.4, 0.5) is 0 Å². The average molecular weight is 281 g/mol. The lowest BCUT2D eigenvalue weighted by atomic mass is 9.84. The van der Waals surface area contributed by atoms with Crippen LogP contribution in [-0.2, 0) is 14.3 Å². The Bertz CT molecular complexity index is 416. The van der Waals surface area contributed by atoms with E-state index in [4.69, 9.17) is 10.5 Å². The SMILES string of the molecule is CC1(C(=O)N2CCN(C(=O)C3CC3)CC2)COCC1N. The van der Waals surface area contributed by atoms with Gasteiger partial charge in [-0.15, -0.1) is 0 Å². The van der Waals surface area contributed by atoms with Crippen LogP contribution in [0, 0.1) is 11.3 Å². The monoisotopic (exact) mass is 281 g/mol. The summed E-state index contributed by atoms with van der Waals surface area (Å²) in [4.78, 5) is 28.3. The van der Waals surface area contributed by atoms with Crippen molar-refractivity contribution < 1.29 is 14.3 Å². The Hall–Kier alpha value is -1.14. The molecule has 2 heterocycles. The number of nitrogens with two attached hydrogens (primary N) is 1. The first kappa shape index (κ1) is 13.8. The van der Waals surface area contributed by atoms with E-state index in [2.05, 4.69) is 0 Å². The molecule has 2 saturated heterocycles. The Morgan fingerprint density at radius 3 is 2.25 bits per heavy atom. The summed E-state index contributed by atoms with van der Waals surface area (Å²) in [5.74, 6) is 0.594. The van der Waals surface area contributed by atoms with Crippen LogP contribution >= 0.6 is 0 Å². The molecule has 2 unspecified atom stereocenters. The number of hydrogen-bond acceptors (Lipinski definition) is 4. The smallest absolute Gasteiger partial charge is 0.232 e. The predicted octanol–water partition coefficient (Wildman–Crippen LogP) is -0.569. The fourth-order valence-electron chi connectivity index (χ4n) is 2.99. The van der Waals surface area contributed by atoms with Crippen molar-refractivity contribution in [2.75, 3.05) is 39.4 Å². The molecule has 0 aromatic carbocycles. The molecule has 3 rings (SSSR count). The van der Waals surface area contributed by atoms with Crippen LogP contribution < -0.4 is 5.73 Å². The Balaban J connectivity index is 1.57. The Morgan fingerprint density at radius 2 is 1.75 bits per heavy atom. The van der Waals surface area contributed by atoms with Gasteiger partial charge in [0.1, 0.15) is 0 Å². The molecule has 2 atom stereocenters. The van der Waals surface area contributed by atoms with E-state index in [0.29, 0.717) is 39.4 Å². The maximum atomic E-state index is 12.6. The first-order chi connectivity index (χ1) is 9.52. The lowest BCUT2D eigenvalue weighted by molar-refractivity contribution is -0.147. The van der Waals surface area contributed by atoms with Gasteiger partial charge in [0.05, 0.1) is 18.6 Å². The molecule has 2 aliphatic heterocycles. The van der Waals surface area contributed by atoms with Crippen LogP contribution in [0.1, 0.15) is 19.8 Å². The summed E-state index contributed by atoms with van der Waals surface area (Å²) in [6, 6.07) is -0.235. The van der Waals surface area contributed by atoms with Gasteiger partial charge in [-0.05, 0) is 19.8 Å². The molecule has 0 spiro atoms. The molecule has 0 aromatic heterocycles. The zero-order valence-electron chi connectivity index (χ0n) is 12.0. The van der Waals surface area contributed by atoms with Gasteiger partial charge >= 0.3 is 0 Å². The van der Waals surface area contributed by atoms with E-state index in [1.54, 1.807) is 0 Å². The van der Waals surface area contributed by atoms with Gasteiger partial charge in [-0.2, -0.15) is 0 Å². The molecule has 3 aliphatic rings. The van der Waals surface area contributed by atoms with E-state index in [1.807, 2.05) is 16.7 Å². The molecule has 6 heteroatoms. The lowest BCUT2D eigenvalue weighted by Gasteiger charge is -2.39. The van der Waals surface area contributed by atoms with Crippen molar-refractivity contribution in [1.82, 2.24) is 9.80 Å². The van der Waals surface area contributed by atoms with Gasteiger partial charge < -0.3 is 20.3 Å². The number of hydrogen-bond donors (Lipinski definition) is 1. The minimum Gasteiger partial charge on any atom is -0.379 e. The van der Waals surface area contributed by atoms with Crippen LogP contribution in [0.5, 0.6) is 0 Å². The van der Waals surface area contributed by atoms with Gasteiger partial charge in [-0.25, -0.2) is 0 Å². The summed E-state index contributed by atoms with van der Waals surface area (Å²) in [6.07, 6.45) is 2.06. The lowest BCUT2D eigenvalue weighted by Crippen LogP contribution is -2.57. The normalized spacial score (nSPS) is 34.4. The molecule has 6 nitrogen and oxygen atoms in total. The third-order valence-corrected chi connectivity index (χ3v) is 4.81. The van der Waals surface area contributed by atoms with E-state index in [0.717, 1.165) is 12.8 Å². The highest BCUT2D eigenvalue weighted by atomic mass is 16.5. The van der Waals surface area contributed by atoms with Gasteiger partial charge in [-0.3, -0.25) is 9.59 Å². The molecular weight excluding hydrogens is 258 g/mol. The third-order valence-electron chi connectivity index (χ3n) is 4.81. The first-order valence-corrected chi connectivity index (χ1v) is 7.44. The molecule has 3 fully saturated rings. The Morgan fingerprint density at radius 1 is 1.15 bits per heavy atom. The summed E-state index contributed by atoms with van der Waals surface area (Å²) in [5.41, 5.74) is 5.40. The van der Waals surface area contributed by atoms with Gasteiger partial charge in [0, 0.05) is 38.1 Å². The molecule has 2 amide bonds. The topological polar surface area (TPSA) is 75.9 Å². The molecule has 0 bridgehead atoms. The summed E-state index contributed by atoms with van der Waals surface area (Å²) in [5, 5.41) is 0. The van der Waals surface area contributed by atoms with Gasteiger partial charge in [-0.1, -0.05) is 0 Å². The molecule has 2 N–H and O–H groups in total. The maximum absolute atomic E-state index is 12.6. The molecule has 0 aromatic rings. The molecular formula is C14H23N3O3. The summed E-state index contributed by atoms with van der Waals surface area (Å²) in [6.45, 7) is 5.24. The second-order valence-corrected chi connectivity index (χ2v) is 6.43. The van der Waals surface area contributed by atoms with Crippen molar-refractivity contribution >= 4 is 11.8 Å². The highest BCUT2D eigenvalue weighted by Gasteiger charge is 2.47. The van der Waals surface area contributed by atoms with Gasteiger partial charge in [0.2, 0.25) is 11.8 Å². The predicted molar refractivity (Wildman–Crippen MR) is 72.8 cm³/mol. The molecule has 0 radical (unpaired) electrons. The number of carbonyl (C=O) groups is 2. The number of amides is 2. The highest BCUT2D eigenvalue weighted by Crippen LogP contribution is 2.32. The highest BCUT2D eigenvalue weighted by molar-refractivity contribution is 5.85. The number of nitrogens with zero attached hydrogens (tertiary/aromatic N) is 2. The molecule has 1 saturated carbocycles. The van der Waals surface area contributed by atoms with Crippen LogP contribution in [0.25, 0.3) is 0 Å². The van der Waals surface area contributed by atoms with E-state index in [1.165, 1.54) is 0 Å². The van der Waals surface area contributed by atoms with Crippen LogP contribution in [0.3, 0.4) is 0 Å². The van der Waals surface area contributed by atoms with E-state index in [9.17, 15) is 9.59 Å². The van der Waals surface area contributed by atoms with Crippen LogP contribution in [0.15, 0.2) is 0 Å². The Kier molecular flexibility index (Phi) is 3.46. The second-order valence-electron chi connectivity index (χ2n) is 6.43. The number of ether oxygens (including phenoxy) is 1. The van der Waals surface area contributed by atoms with Gasteiger partial charge in [0.15, 0.2) is 0 Å². The fourth-order valence-corrected chi connectivity index (χ4v) is 2.99. The third kappa shape index (κ3) is 2.31. The van der Waals surface area contributed by atoms with Gasteiger partial charge in [0.25, 0.3) is 0 Å².